The minimum absolute atomic E-state index is 0.864. The smallest absolute Gasteiger partial charge is 0.141 e. The number of hydrogen-bond acceptors (Lipinski definition) is 4. The largest absolute Gasteiger partial charge is 0.373 e. The molecular weight excluding hydrogens is 266 g/mol. The summed E-state index contributed by atoms with van der Waals surface area (Å²) in [6.07, 6.45) is 1.18. The minimum Gasteiger partial charge on any atom is -0.373 e. The first-order valence-corrected chi connectivity index (χ1v) is 8.10. The first-order chi connectivity index (χ1) is 9.76. The lowest BCUT2D eigenvalue weighted by atomic mass is 10.1. The maximum Gasteiger partial charge on any atom is 0.141 e. The standard InChI is InChI=1S/C16H21N3S/c1-4-10-20-11-14-18-15(12(2)16(17-3)19-14)13-8-6-5-7-9-13/h5-9H,4,10-11H2,1-3H3,(H,17,18,19). The summed E-state index contributed by atoms with van der Waals surface area (Å²) in [5, 5.41) is 3.18. The van der Waals surface area contributed by atoms with Crippen LogP contribution < -0.4 is 5.32 Å². The van der Waals surface area contributed by atoms with Gasteiger partial charge in [0.2, 0.25) is 0 Å². The Labute approximate surface area is 125 Å². The predicted octanol–water partition coefficient (Wildman–Crippen LogP) is 4.14. The van der Waals surface area contributed by atoms with E-state index >= 15 is 0 Å². The maximum absolute atomic E-state index is 4.75. The number of rotatable bonds is 6. The van der Waals surface area contributed by atoms with E-state index in [1.54, 1.807) is 0 Å². The van der Waals surface area contributed by atoms with Crippen LogP contribution in [0.3, 0.4) is 0 Å². The fraction of sp³-hybridized carbons (Fsp3) is 0.375. The van der Waals surface area contributed by atoms with Crippen molar-refractivity contribution in [2.45, 2.75) is 26.0 Å². The topological polar surface area (TPSA) is 37.8 Å². The zero-order valence-electron chi connectivity index (χ0n) is 12.3. The van der Waals surface area contributed by atoms with Gasteiger partial charge in [-0.1, -0.05) is 37.3 Å². The summed E-state index contributed by atoms with van der Waals surface area (Å²) >= 11 is 1.88. The Balaban J connectivity index is 2.37. The first kappa shape index (κ1) is 14.9. The number of anilines is 1. The van der Waals surface area contributed by atoms with E-state index in [9.17, 15) is 0 Å². The highest BCUT2D eigenvalue weighted by molar-refractivity contribution is 7.98. The molecule has 2 aromatic rings. The highest BCUT2D eigenvalue weighted by Crippen LogP contribution is 2.26. The van der Waals surface area contributed by atoms with Gasteiger partial charge in [0, 0.05) is 18.2 Å². The van der Waals surface area contributed by atoms with E-state index in [1.807, 2.05) is 37.0 Å². The third-order valence-corrected chi connectivity index (χ3v) is 4.22. The van der Waals surface area contributed by atoms with Crippen LogP contribution in [0.5, 0.6) is 0 Å². The molecular formula is C16H21N3S. The van der Waals surface area contributed by atoms with E-state index in [1.165, 1.54) is 6.42 Å². The Morgan fingerprint density at radius 3 is 2.55 bits per heavy atom. The third-order valence-electron chi connectivity index (χ3n) is 3.06. The Morgan fingerprint density at radius 2 is 1.90 bits per heavy atom. The summed E-state index contributed by atoms with van der Waals surface area (Å²) in [6, 6.07) is 10.3. The second kappa shape index (κ2) is 7.29. The Hall–Kier alpha value is -1.55. The number of nitrogens with one attached hydrogen (secondary N) is 1. The van der Waals surface area contributed by atoms with Crippen LogP contribution in [-0.4, -0.2) is 22.8 Å². The Bertz CT molecular complexity index is 555. The van der Waals surface area contributed by atoms with Crippen LogP contribution in [-0.2, 0) is 5.75 Å². The fourth-order valence-corrected chi connectivity index (χ4v) is 2.80. The molecule has 0 spiro atoms. The van der Waals surface area contributed by atoms with E-state index in [-0.39, 0.29) is 0 Å². The minimum atomic E-state index is 0.864. The van der Waals surface area contributed by atoms with E-state index in [2.05, 4.69) is 36.3 Å². The molecule has 0 aliphatic heterocycles. The summed E-state index contributed by atoms with van der Waals surface area (Å²) < 4.78 is 0. The van der Waals surface area contributed by atoms with E-state index in [0.29, 0.717) is 0 Å². The van der Waals surface area contributed by atoms with Crippen LogP contribution in [0, 0.1) is 6.92 Å². The molecule has 0 radical (unpaired) electrons. The molecule has 0 saturated carbocycles. The lowest BCUT2D eigenvalue weighted by Crippen LogP contribution is -2.04. The Morgan fingerprint density at radius 1 is 1.15 bits per heavy atom. The molecule has 0 amide bonds. The van der Waals surface area contributed by atoms with Gasteiger partial charge in [0.1, 0.15) is 11.6 Å². The van der Waals surface area contributed by atoms with Gasteiger partial charge < -0.3 is 5.32 Å². The molecule has 2 rings (SSSR count). The zero-order valence-corrected chi connectivity index (χ0v) is 13.1. The van der Waals surface area contributed by atoms with Gasteiger partial charge in [-0.3, -0.25) is 0 Å². The van der Waals surface area contributed by atoms with Crippen molar-refractivity contribution in [2.75, 3.05) is 18.1 Å². The van der Waals surface area contributed by atoms with Gasteiger partial charge >= 0.3 is 0 Å². The summed E-state index contributed by atoms with van der Waals surface area (Å²) in [5.41, 5.74) is 3.27. The van der Waals surface area contributed by atoms with Gasteiger partial charge in [-0.25, -0.2) is 9.97 Å². The van der Waals surface area contributed by atoms with Gasteiger partial charge in [0.05, 0.1) is 11.4 Å². The zero-order chi connectivity index (χ0) is 14.4. The van der Waals surface area contributed by atoms with Crippen molar-refractivity contribution in [3.63, 3.8) is 0 Å². The molecule has 0 saturated heterocycles. The molecule has 0 fully saturated rings. The van der Waals surface area contributed by atoms with Crippen LogP contribution in [0.2, 0.25) is 0 Å². The molecule has 106 valence electrons. The summed E-state index contributed by atoms with van der Waals surface area (Å²) in [7, 11) is 1.91. The molecule has 20 heavy (non-hydrogen) atoms. The van der Waals surface area contributed by atoms with Crippen LogP contribution in [0.4, 0.5) is 5.82 Å². The van der Waals surface area contributed by atoms with Crippen molar-refractivity contribution in [1.29, 1.82) is 0 Å². The van der Waals surface area contributed by atoms with Crippen molar-refractivity contribution in [2.24, 2.45) is 0 Å². The monoisotopic (exact) mass is 287 g/mol. The molecule has 0 aliphatic carbocycles. The van der Waals surface area contributed by atoms with Gasteiger partial charge in [-0.15, -0.1) is 0 Å². The number of thioether (sulfide) groups is 1. The van der Waals surface area contributed by atoms with Gasteiger partial charge in [0.25, 0.3) is 0 Å². The molecule has 0 bridgehead atoms. The van der Waals surface area contributed by atoms with E-state index in [0.717, 1.165) is 40.0 Å². The fourth-order valence-electron chi connectivity index (χ4n) is 2.06. The van der Waals surface area contributed by atoms with Crippen molar-refractivity contribution in [1.82, 2.24) is 9.97 Å². The number of benzene rings is 1. The quantitative estimate of drug-likeness (QED) is 0.810. The van der Waals surface area contributed by atoms with E-state index in [4.69, 9.17) is 4.98 Å². The summed E-state index contributed by atoms with van der Waals surface area (Å²) in [4.78, 5) is 9.36. The normalized spacial score (nSPS) is 10.6. The van der Waals surface area contributed by atoms with Crippen molar-refractivity contribution >= 4 is 17.6 Å². The summed E-state index contributed by atoms with van der Waals surface area (Å²) in [5.74, 6) is 3.83. The van der Waals surface area contributed by atoms with Gasteiger partial charge in [0.15, 0.2) is 0 Å². The lowest BCUT2D eigenvalue weighted by Gasteiger charge is -2.12. The molecule has 4 heteroatoms. The van der Waals surface area contributed by atoms with Gasteiger partial charge in [-0.2, -0.15) is 11.8 Å². The Kier molecular flexibility index (Phi) is 5.41. The average molecular weight is 287 g/mol. The molecule has 1 aromatic carbocycles. The van der Waals surface area contributed by atoms with Crippen molar-refractivity contribution in [3.8, 4) is 11.3 Å². The SMILES string of the molecule is CCCSCc1nc(NC)c(C)c(-c2ccccc2)n1. The average Bonchev–Trinajstić information content (AvgIpc) is 2.49. The number of nitrogens with zero attached hydrogens (tertiary/aromatic N) is 2. The lowest BCUT2D eigenvalue weighted by molar-refractivity contribution is 1.02. The number of hydrogen-bond donors (Lipinski definition) is 1. The molecule has 0 atom stereocenters. The molecule has 0 unspecified atom stereocenters. The van der Waals surface area contributed by atoms with Crippen molar-refractivity contribution < 1.29 is 0 Å². The van der Waals surface area contributed by atoms with Crippen LogP contribution in [0.25, 0.3) is 11.3 Å². The third kappa shape index (κ3) is 3.51. The van der Waals surface area contributed by atoms with Crippen LogP contribution in [0.1, 0.15) is 24.7 Å². The second-order valence-electron chi connectivity index (χ2n) is 4.63. The highest BCUT2D eigenvalue weighted by Gasteiger charge is 2.11. The number of aromatic nitrogens is 2. The van der Waals surface area contributed by atoms with E-state index < -0.39 is 0 Å². The van der Waals surface area contributed by atoms with Crippen molar-refractivity contribution in [3.05, 3.63) is 41.7 Å². The molecule has 0 aliphatic rings. The highest BCUT2D eigenvalue weighted by atomic mass is 32.2. The predicted molar refractivity (Wildman–Crippen MR) is 88.2 cm³/mol. The van der Waals surface area contributed by atoms with Crippen LogP contribution in [0.15, 0.2) is 30.3 Å². The maximum atomic E-state index is 4.75. The molecule has 1 N–H and O–H groups in total. The van der Waals surface area contributed by atoms with Gasteiger partial charge in [-0.05, 0) is 19.1 Å². The molecule has 1 aromatic heterocycles. The van der Waals surface area contributed by atoms with Crippen LogP contribution >= 0.6 is 11.8 Å². The molecule has 3 nitrogen and oxygen atoms in total. The first-order valence-electron chi connectivity index (χ1n) is 6.94. The second-order valence-corrected chi connectivity index (χ2v) is 5.74. The molecule has 1 heterocycles. The summed E-state index contributed by atoms with van der Waals surface area (Å²) in [6.45, 7) is 4.26.